The van der Waals surface area contributed by atoms with E-state index in [0.717, 1.165) is 10.0 Å². The highest BCUT2D eigenvalue weighted by molar-refractivity contribution is 9.10. The molecule has 0 unspecified atom stereocenters. The van der Waals surface area contributed by atoms with Crippen molar-refractivity contribution in [3.63, 3.8) is 0 Å². The maximum atomic E-state index is 12.9. The first-order valence-electron chi connectivity index (χ1n) is 10.2. The first-order valence-corrected chi connectivity index (χ1v) is 11.0. The number of carbonyl (C=O) groups excluding carboxylic acids is 2. The zero-order valence-corrected chi connectivity index (χ0v) is 20.5. The summed E-state index contributed by atoms with van der Waals surface area (Å²) in [6.07, 6.45) is 1.67. The molecule has 0 amide bonds. The third kappa shape index (κ3) is 4.24. The number of esters is 1. The van der Waals surface area contributed by atoms with E-state index in [1.807, 2.05) is 24.3 Å². The molecule has 1 aliphatic rings. The van der Waals surface area contributed by atoms with Crippen LogP contribution in [0.2, 0.25) is 0 Å². The molecule has 3 aromatic rings. The second-order valence-corrected chi connectivity index (χ2v) is 8.18. The SMILES string of the molecule is COc1cc(C(=O)Oc2ccc3c(c2C)O/C(=C\c2ccccc2Br)C3=O)cc(OC)c1OC. The minimum atomic E-state index is -0.629. The molecule has 0 spiro atoms. The number of hydrogen-bond donors (Lipinski definition) is 0. The van der Waals surface area contributed by atoms with Crippen molar-refractivity contribution in [3.8, 4) is 28.7 Å². The Morgan fingerprint density at radius 3 is 2.24 bits per heavy atom. The van der Waals surface area contributed by atoms with E-state index in [2.05, 4.69) is 15.9 Å². The Bertz CT molecular complexity index is 1300. The molecule has 8 heteroatoms. The summed E-state index contributed by atoms with van der Waals surface area (Å²) in [7, 11) is 4.40. The zero-order chi connectivity index (χ0) is 24.4. The maximum Gasteiger partial charge on any atom is 0.343 e. The minimum Gasteiger partial charge on any atom is -0.493 e. The highest BCUT2D eigenvalue weighted by atomic mass is 79.9. The second-order valence-electron chi connectivity index (χ2n) is 7.33. The molecular formula is C26H21BrO7. The lowest BCUT2D eigenvalue weighted by Crippen LogP contribution is -2.10. The largest absolute Gasteiger partial charge is 0.493 e. The predicted octanol–water partition coefficient (Wildman–Crippen LogP) is 5.62. The standard InChI is InChI=1S/C26H21BrO7/c1-14-19(34-26(29)16-12-21(30-2)25(32-4)22(13-16)31-3)10-9-17-23(28)20(33-24(14)17)11-15-7-5-6-8-18(15)27/h5-13H,1-4H3/b20-11-. The molecule has 0 radical (unpaired) electrons. The number of hydrogen-bond acceptors (Lipinski definition) is 7. The number of rotatable bonds is 6. The molecule has 174 valence electrons. The molecule has 0 N–H and O–H groups in total. The molecule has 7 nitrogen and oxygen atoms in total. The van der Waals surface area contributed by atoms with Crippen molar-refractivity contribution >= 4 is 33.8 Å². The summed E-state index contributed by atoms with van der Waals surface area (Å²) in [5.41, 5.74) is 1.96. The van der Waals surface area contributed by atoms with Gasteiger partial charge in [0.05, 0.1) is 32.5 Å². The maximum absolute atomic E-state index is 12.9. The lowest BCUT2D eigenvalue weighted by atomic mass is 10.1. The van der Waals surface area contributed by atoms with Crippen molar-refractivity contribution in [2.45, 2.75) is 6.92 Å². The van der Waals surface area contributed by atoms with Crippen LogP contribution in [0, 0.1) is 6.92 Å². The number of methoxy groups -OCH3 is 3. The van der Waals surface area contributed by atoms with Crippen molar-refractivity contribution in [3.05, 3.63) is 81.0 Å². The molecule has 0 atom stereocenters. The van der Waals surface area contributed by atoms with Gasteiger partial charge in [0.25, 0.3) is 0 Å². The summed E-state index contributed by atoms with van der Waals surface area (Å²) < 4.78 is 28.3. The third-order valence-electron chi connectivity index (χ3n) is 5.33. The Hall–Kier alpha value is -3.78. The number of fused-ring (bicyclic) bond motifs is 1. The number of Topliss-reactive ketones (excluding diaryl/α,β-unsaturated/α-hetero) is 1. The average Bonchev–Trinajstić information content (AvgIpc) is 3.17. The highest BCUT2D eigenvalue weighted by Gasteiger charge is 2.31. The van der Waals surface area contributed by atoms with Crippen LogP contribution in [-0.4, -0.2) is 33.1 Å². The van der Waals surface area contributed by atoms with E-state index >= 15 is 0 Å². The minimum absolute atomic E-state index is 0.193. The van der Waals surface area contributed by atoms with Gasteiger partial charge in [0.2, 0.25) is 11.5 Å². The monoisotopic (exact) mass is 524 g/mol. The molecule has 1 aliphatic heterocycles. The summed E-state index contributed by atoms with van der Waals surface area (Å²) in [5.74, 6) is 0.980. The van der Waals surface area contributed by atoms with Gasteiger partial charge in [-0.25, -0.2) is 4.79 Å². The normalized spacial score (nSPS) is 13.3. The highest BCUT2D eigenvalue weighted by Crippen LogP contribution is 2.41. The van der Waals surface area contributed by atoms with Gasteiger partial charge in [0.1, 0.15) is 11.5 Å². The molecule has 0 aliphatic carbocycles. The number of carbonyl (C=O) groups is 2. The molecule has 3 aromatic carbocycles. The van der Waals surface area contributed by atoms with E-state index in [4.69, 9.17) is 23.7 Å². The molecule has 0 fully saturated rings. The van der Waals surface area contributed by atoms with Gasteiger partial charge < -0.3 is 23.7 Å². The van der Waals surface area contributed by atoms with E-state index in [0.29, 0.717) is 34.1 Å². The van der Waals surface area contributed by atoms with Crippen molar-refractivity contribution in [1.82, 2.24) is 0 Å². The summed E-state index contributed by atoms with van der Waals surface area (Å²) in [4.78, 5) is 25.8. The van der Waals surface area contributed by atoms with Crippen molar-refractivity contribution in [1.29, 1.82) is 0 Å². The van der Waals surface area contributed by atoms with Gasteiger partial charge in [-0.1, -0.05) is 34.1 Å². The van der Waals surface area contributed by atoms with Crippen LogP contribution in [0.15, 0.2) is 58.8 Å². The van der Waals surface area contributed by atoms with E-state index in [-0.39, 0.29) is 22.9 Å². The predicted molar refractivity (Wildman–Crippen MR) is 129 cm³/mol. The Kier molecular flexibility index (Phi) is 6.61. The van der Waals surface area contributed by atoms with Crippen LogP contribution in [0.3, 0.4) is 0 Å². The lowest BCUT2D eigenvalue weighted by molar-refractivity contribution is 0.0732. The van der Waals surface area contributed by atoms with E-state index < -0.39 is 5.97 Å². The van der Waals surface area contributed by atoms with Crippen LogP contribution in [0.1, 0.15) is 31.8 Å². The van der Waals surface area contributed by atoms with Gasteiger partial charge in [0.15, 0.2) is 17.3 Å². The van der Waals surface area contributed by atoms with Gasteiger partial charge in [-0.15, -0.1) is 0 Å². The van der Waals surface area contributed by atoms with Gasteiger partial charge >= 0.3 is 5.97 Å². The second kappa shape index (κ2) is 9.61. The average molecular weight is 525 g/mol. The molecule has 0 bridgehead atoms. The first kappa shape index (κ1) is 23.4. The Morgan fingerprint density at radius 2 is 1.62 bits per heavy atom. The molecule has 0 saturated heterocycles. The van der Waals surface area contributed by atoms with E-state index in [9.17, 15) is 9.59 Å². The summed E-state index contributed by atoms with van der Waals surface area (Å²) in [6, 6.07) is 13.7. The fourth-order valence-electron chi connectivity index (χ4n) is 3.57. The van der Waals surface area contributed by atoms with Crippen LogP contribution in [-0.2, 0) is 0 Å². The van der Waals surface area contributed by atoms with Crippen LogP contribution in [0.25, 0.3) is 6.08 Å². The number of ketones is 1. The van der Waals surface area contributed by atoms with Crippen LogP contribution in [0.4, 0.5) is 0 Å². The summed E-state index contributed by atoms with van der Waals surface area (Å²) in [6.45, 7) is 1.73. The topological polar surface area (TPSA) is 80.3 Å². The van der Waals surface area contributed by atoms with Gasteiger partial charge in [-0.2, -0.15) is 0 Å². The van der Waals surface area contributed by atoms with Crippen molar-refractivity contribution in [2.24, 2.45) is 0 Å². The van der Waals surface area contributed by atoms with Crippen LogP contribution in [0.5, 0.6) is 28.7 Å². The molecule has 4 rings (SSSR count). The number of ether oxygens (including phenoxy) is 5. The molecule has 0 aromatic heterocycles. The van der Waals surface area contributed by atoms with Gasteiger partial charge in [0, 0.05) is 10.0 Å². The first-order chi connectivity index (χ1) is 16.4. The quantitative estimate of drug-likeness (QED) is 0.235. The van der Waals surface area contributed by atoms with Gasteiger partial charge in [-0.05, 0) is 48.9 Å². The Labute approximate surface area is 205 Å². The molecule has 34 heavy (non-hydrogen) atoms. The van der Waals surface area contributed by atoms with E-state index in [1.54, 1.807) is 25.1 Å². The Morgan fingerprint density at radius 1 is 0.941 bits per heavy atom. The smallest absolute Gasteiger partial charge is 0.343 e. The Balaban J connectivity index is 1.63. The van der Waals surface area contributed by atoms with Crippen molar-refractivity contribution in [2.75, 3.05) is 21.3 Å². The zero-order valence-electron chi connectivity index (χ0n) is 18.9. The number of halogens is 1. The molecule has 1 heterocycles. The van der Waals surface area contributed by atoms with Crippen LogP contribution >= 0.6 is 15.9 Å². The van der Waals surface area contributed by atoms with E-state index in [1.165, 1.54) is 33.5 Å². The van der Waals surface area contributed by atoms with Gasteiger partial charge in [-0.3, -0.25) is 4.79 Å². The molecule has 0 saturated carbocycles. The summed E-state index contributed by atoms with van der Waals surface area (Å²) in [5, 5.41) is 0. The fourth-order valence-corrected chi connectivity index (χ4v) is 3.97. The molecular weight excluding hydrogens is 504 g/mol. The fraction of sp³-hybridized carbons (Fsp3) is 0.154. The van der Waals surface area contributed by atoms with Crippen molar-refractivity contribution < 1.29 is 33.3 Å². The summed E-state index contributed by atoms with van der Waals surface area (Å²) >= 11 is 3.47. The van der Waals surface area contributed by atoms with Crippen LogP contribution < -0.4 is 23.7 Å². The number of benzene rings is 3. The lowest BCUT2D eigenvalue weighted by Gasteiger charge is -2.14. The third-order valence-corrected chi connectivity index (χ3v) is 6.05. The number of allylic oxidation sites excluding steroid dienone is 1.